The van der Waals surface area contributed by atoms with Crippen LogP contribution in [0, 0.1) is 5.92 Å². The molecule has 0 N–H and O–H groups in total. The van der Waals surface area contributed by atoms with Gasteiger partial charge in [0, 0.05) is 19.6 Å². The van der Waals surface area contributed by atoms with E-state index in [4.69, 9.17) is 4.74 Å². The Morgan fingerprint density at radius 1 is 1.26 bits per heavy atom. The minimum atomic E-state index is -0.224. The number of hydrogen-bond donors (Lipinski definition) is 0. The lowest BCUT2D eigenvalue weighted by Crippen LogP contribution is -2.47. The summed E-state index contributed by atoms with van der Waals surface area (Å²) in [5, 5.41) is 0. The fourth-order valence-corrected chi connectivity index (χ4v) is 3.14. The molecule has 0 saturated carbocycles. The van der Waals surface area contributed by atoms with Gasteiger partial charge in [-0.25, -0.2) is 4.79 Å². The van der Waals surface area contributed by atoms with Crippen LogP contribution in [0.3, 0.4) is 0 Å². The minimum absolute atomic E-state index is 0.210. The zero-order valence-corrected chi connectivity index (χ0v) is 14.7. The van der Waals surface area contributed by atoms with E-state index in [9.17, 15) is 4.79 Å². The number of nitrogens with zero attached hydrogens (tertiary/aromatic N) is 2. The Kier molecular flexibility index (Phi) is 6.90. The lowest BCUT2D eigenvalue weighted by atomic mass is 9.97. The van der Waals surface area contributed by atoms with Crippen molar-refractivity contribution in [1.82, 2.24) is 9.80 Å². The zero-order chi connectivity index (χ0) is 16.7. The predicted octanol–water partition coefficient (Wildman–Crippen LogP) is 3.77. The molecule has 1 fully saturated rings. The average molecular weight is 318 g/mol. The third kappa shape index (κ3) is 5.24. The summed E-state index contributed by atoms with van der Waals surface area (Å²) in [6.45, 7) is 8.00. The topological polar surface area (TPSA) is 32.8 Å². The van der Waals surface area contributed by atoms with E-state index in [2.05, 4.69) is 18.7 Å². The van der Waals surface area contributed by atoms with E-state index < -0.39 is 0 Å². The van der Waals surface area contributed by atoms with Crippen molar-refractivity contribution in [3.63, 3.8) is 0 Å². The summed E-state index contributed by atoms with van der Waals surface area (Å²) in [7, 11) is 1.88. The van der Waals surface area contributed by atoms with Gasteiger partial charge < -0.3 is 14.5 Å². The number of likely N-dealkylation sites (tertiary alicyclic amines) is 1. The van der Waals surface area contributed by atoms with E-state index in [1.807, 2.05) is 37.4 Å². The van der Waals surface area contributed by atoms with Gasteiger partial charge in [0.15, 0.2) is 0 Å². The van der Waals surface area contributed by atoms with Crippen LogP contribution < -0.4 is 0 Å². The van der Waals surface area contributed by atoms with Gasteiger partial charge in [0.25, 0.3) is 0 Å². The number of likely N-dealkylation sites (N-methyl/N-ethyl adjacent to an activating group) is 1. The number of amides is 1. The molecule has 4 nitrogen and oxygen atoms in total. The van der Waals surface area contributed by atoms with Gasteiger partial charge in [0.1, 0.15) is 6.61 Å². The van der Waals surface area contributed by atoms with Crippen molar-refractivity contribution >= 4 is 6.09 Å². The molecule has 0 radical (unpaired) electrons. The summed E-state index contributed by atoms with van der Waals surface area (Å²) < 4.78 is 5.50. The van der Waals surface area contributed by atoms with Crippen LogP contribution in [0.25, 0.3) is 0 Å². The molecule has 1 aromatic carbocycles. The molecule has 1 aromatic rings. The normalized spacial score (nSPS) is 17.7. The average Bonchev–Trinajstić information content (AvgIpc) is 3.10. The van der Waals surface area contributed by atoms with Crippen molar-refractivity contribution < 1.29 is 9.53 Å². The van der Waals surface area contributed by atoms with Crippen LogP contribution >= 0.6 is 0 Å². The first-order valence-corrected chi connectivity index (χ1v) is 8.77. The molecule has 1 aliphatic heterocycles. The number of ether oxygens (including phenoxy) is 1. The molecule has 2 atom stereocenters. The van der Waals surface area contributed by atoms with E-state index in [1.54, 1.807) is 4.90 Å². The van der Waals surface area contributed by atoms with Gasteiger partial charge in [0.05, 0.1) is 0 Å². The van der Waals surface area contributed by atoms with Crippen molar-refractivity contribution in [2.24, 2.45) is 5.92 Å². The number of hydrogen-bond acceptors (Lipinski definition) is 3. The monoisotopic (exact) mass is 318 g/mol. The molecule has 2 rings (SSSR count). The van der Waals surface area contributed by atoms with Gasteiger partial charge in [-0.05, 0) is 37.4 Å². The van der Waals surface area contributed by atoms with Crippen molar-refractivity contribution in [3.8, 4) is 0 Å². The van der Waals surface area contributed by atoms with E-state index in [1.165, 1.54) is 12.8 Å². The summed E-state index contributed by atoms with van der Waals surface area (Å²) in [5.74, 6) is 0.463. The molecule has 0 bridgehead atoms. The van der Waals surface area contributed by atoms with Gasteiger partial charge in [0.2, 0.25) is 0 Å². The molecule has 4 heteroatoms. The molecule has 1 saturated heterocycles. The number of benzene rings is 1. The number of carbonyl (C=O) groups excluding carboxylic acids is 1. The fourth-order valence-electron chi connectivity index (χ4n) is 3.14. The summed E-state index contributed by atoms with van der Waals surface area (Å²) in [5.41, 5.74) is 1.02. The summed E-state index contributed by atoms with van der Waals surface area (Å²) in [6.07, 6.45) is 3.39. The Hall–Kier alpha value is -1.55. The van der Waals surface area contributed by atoms with Crippen LogP contribution in [0.15, 0.2) is 30.3 Å². The number of carbonyl (C=O) groups is 1. The fraction of sp³-hybridized carbons (Fsp3) is 0.632. The van der Waals surface area contributed by atoms with E-state index in [-0.39, 0.29) is 12.1 Å². The van der Waals surface area contributed by atoms with Crippen LogP contribution in [0.2, 0.25) is 0 Å². The Bertz CT molecular complexity index is 472. The van der Waals surface area contributed by atoms with Crippen molar-refractivity contribution in [2.75, 3.05) is 26.7 Å². The van der Waals surface area contributed by atoms with Crippen LogP contribution in [0.1, 0.15) is 38.7 Å². The Labute approximate surface area is 140 Å². The van der Waals surface area contributed by atoms with Gasteiger partial charge >= 0.3 is 6.09 Å². The first kappa shape index (κ1) is 17.8. The third-order valence-electron chi connectivity index (χ3n) is 4.94. The molecule has 1 aliphatic rings. The maximum absolute atomic E-state index is 12.4. The first-order chi connectivity index (χ1) is 11.1. The molecule has 128 valence electrons. The van der Waals surface area contributed by atoms with Gasteiger partial charge in [-0.1, -0.05) is 50.6 Å². The molecule has 0 spiro atoms. The largest absolute Gasteiger partial charge is 0.445 e. The van der Waals surface area contributed by atoms with E-state index in [0.29, 0.717) is 12.5 Å². The molecule has 23 heavy (non-hydrogen) atoms. The quantitative estimate of drug-likeness (QED) is 0.767. The lowest BCUT2D eigenvalue weighted by molar-refractivity contribution is 0.0700. The second-order valence-electron chi connectivity index (χ2n) is 6.61. The minimum Gasteiger partial charge on any atom is -0.445 e. The lowest BCUT2D eigenvalue weighted by Gasteiger charge is -2.34. The summed E-state index contributed by atoms with van der Waals surface area (Å²) >= 11 is 0. The Balaban J connectivity index is 1.91. The predicted molar refractivity (Wildman–Crippen MR) is 93.3 cm³/mol. The highest BCUT2D eigenvalue weighted by atomic mass is 16.6. The highest BCUT2D eigenvalue weighted by Crippen LogP contribution is 2.19. The van der Waals surface area contributed by atoms with E-state index >= 15 is 0 Å². The Morgan fingerprint density at radius 2 is 1.91 bits per heavy atom. The van der Waals surface area contributed by atoms with Crippen molar-refractivity contribution in [1.29, 1.82) is 0 Å². The second kappa shape index (κ2) is 8.92. The van der Waals surface area contributed by atoms with Gasteiger partial charge in [-0.3, -0.25) is 0 Å². The highest BCUT2D eigenvalue weighted by Gasteiger charge is 2.28. The maximum Gasteiger partial charge on any atom is 0.410 e. The second-order valence-corrected chi connectivity index (χ2v) is 6.61. The summed E-state index contributed by atoms with van der Waals surface area (Å²) in [4.78, 5) is 16.7. The number of rotatable bonds is 7. The first-order valence-electron chi connectivity index (χ1n) is 8.77. The van der Waals surface area contributed by atoms with Crippen molar-refractivity contribution in [3.05, 3.63) is 35.9 Å². The third-order valence-corrected chi connectivity index (χ3v) is 4.94. The standard InChI is InChI=1S/C19H30N2O2/c1-4-16(2)18(14-21-12-8-9-13-21)20(3)19(22)23-15-17-10-6-5-7-11-17/h5-7,10-11,16,18H,4,8-9,12-15H2,1-3H3/t16-,18-/m0/s1. The van der Waals surface area contributed by atoms with Gasteiger partial charge in [-0.2, -0.15) is 0 Å². The van der Waals surface area contributed by atoms with Crippen LogP contribution in [0.5, 0.6) is 0 Å². The molecule has 0 unspecified atom stereocenters. The molecular weight excluding hydrogens is 288 g/mol. The smallest absolute Gasteiger partial charge is 0.410 e. The Morgan fingerprint density at radius 3 is 2.52 bits per heavy atom. The van der Waals surface area contributed by atoms with Crippen LogP contribution in [0.4, 0.5) is 4.79 Å². The molecule has 1 heterocycles. The SMILES string of the molecule is CC[C@H](C)[C@H](CN1CCCC1)N(C)C(=O)OCc1ccccc1. The molecule has 1 amide bonds. The van der Waals surface area contributed by atoms with E-state index in [0.717, 1.165) is 31.6 Å². The van der Waals surface area contributed by atoms with Crippen LogP contribution in [-0.4, -0.2) is 48.6 Å². The zero-order valence-electron chi connectivity index (χ0n) is 14.7. The molecular formula is C19H30N2O2. The molecule has 0 aromatic heterocycles. The van der Waals surface area contributed by atoms with Crippen LogP contribution in [-0.2, 0) is 11.3 Å². The molecule has 0 aliphatic carbocycles. The summed E-state index contributed by atoms with van der Waals surface area (Å²) in [6, 6.07) is 10.0. The highest BCUT2D eigenvalue weighted by molar-refractivity contribution is 5.67. The van der Waals surface area contributed by atoms with Crippen molar-refractivity contribution in [2.45, 2.75) is 45.8 Å². The maximum atomic E-state index is 12.4. The van der Waals surface area contributed by atoms with Gasteiger partial charge in [-0.15, -0.1) is 0 Å².